The van der Waals surface area contributed by atoms with E-state index in [4.69, 9.17) is 23.2 Å². The second-order valence-electron chi connectivity index (χ2n) is 6.11. The Balaban J connectivity index is 1.59. The van der Waals surface area contributed by atoms with E-state index in [0.29, 0.717) is 41.5 Å². The molecule has 0 bridgehead atoms. The van der Waals surface area contributed by atoms with Gasteiger partial charge in [0.15, 0.2) is 0 Å². The Kier molecular flexibility index (Phi) is 5.87. The van der Waals surface area contributed by atoms with Crippen LogP contribution in [0.4, 0.5) is 0 Å². The molecule has 1 aliphatic rings. The van der Waals surface area contributed by atoms with Gasteiger partial charge in [-0.05, 0) is 61.4 Å². The first-order valence-electron chi connectivity index (χ1n) is 8.18. The Labute approximate surface area is 163 Å². The lowest BCUT2D eigenvalue weighted by Gasteiger charge is -2.31. The molecule has 5 nitrogen and oxygen atoms in total. The van der Waals surface area contributed by atoms with E-state index in [0.717, 1.165) is 0 Å². The van der Waals surface area contributed by atoms with E-state index >= 15 is 0 Å². The molecule has 1 amide bonds. The number of hydrogen-bond donors (Lipinski definition) is 1. The molecule has 0 radical (unpaired) electrons. The van der Waals surface area contributed by atoms with Gasteiger partial charge in [0.2, 0.25) is 10.0 Å². The number of hydrogen-bond acceptors (Lipinski definition) is 3. The molecule has 26 heavy (non-hydrogen) atoms. The summed E-state index contributed by atoms with van der Waals surface area (Å²) in [6.45, 7) is 0.715. The number of rotatable bonds is 4. The van der Waals surface area contributed by atoms with Crippen LogP contribution in [0, 0.1) is 0 Å². The summed E-state index contributed by atoms with van der Waals surface area (Å²) in [5.41, 5.74) is 0.533. The monoisotopic (exact) mass is 412 g/mol. The summed E-state index contributed by atoms with van der Waals surface area (Å²) in [4.78, 5) is 12.5. The highest BCUT2D eigenvalue weighted by atomic mass is 35.5. The van der Waals surface area contributed by atoms with Gasteiger partial charge in [-0.25, -0.2) is 8.42 Å². The summed E-state index contributed by atoms with van der Waals surface area (Å²) in [5.74, 6) is -0.180. The van der Waals surface area contributed by atoms with Crippen molar-refractivity contribution in [1.29, 1.82) is 0 Å². The standard InChI is InChI=1S/C18H18Cl2N2O3S/c19-14-3-1-13(2-4-14)18(23)21-16-9-11-22(12-10-16)26(24,25)17-7-5-15(20)6-8-17/h1-8,16H,9-12H2,(H,21,23). The van der Waals surface area contributed by atoms with Crippen molar-refractivity contribution >= 4 is 39.1 Å². The first-order chi connectivity index (χ1) is 12.4. The van der Waals surface area contributed by atoms with Crippen molar-refractivity contribution < 1.29 is 13.2 Å². The fraction of sp³-hybridized carbons (Fsp3) is 0.278. The number of sulfonamides is 1. The summed E-state index contributed by atoms with van der Waals surface area (Å²) < 4.78 is 26.8. The highest BCUT2D eigenvalue weighted by molar-refractivity contribution is 7.89. The molecule has 0 aliphatic carbocycles. The molecule has 0 spiro atoms. The lowest BCUT2D eigenvalue weighted by atomic mass is 10.1. The maximum atomic E-state index is 12.7. The van der Waals surface area contributed by atoms with Gasteiger partial charge in [-0.2, -0.15) is 4.31 Å². The Bertz CT molecular complexity index is 876. The molecule has 1 aliphatic heterocycles. The molecule has 0 aromatic heterocycles. The molecule has 1 N–H and O–H groups in total. The van der Waals surface area contributed by atoms with Gasteiger partial charge in [0.05, 0.1) is 4.90 Å². The highest BCUT2D eigenvalue weighted by Crippen LogP contribution is 2.22. The lowest BCUT2D eigenvalue weighted by Crippen LogP contribution is -2.46. The van der Waals surface area contributed by atoms with E-state index in [1.807, 2.05) is 0 Å². The molecule has 2 aromatic carbocycles. The van der Waals surface area contributed by atoms with Crippen molar-refractivity contribution in [3.8, 4) is 0 Å². The SMILES string of the molecule is O=C(NC1CCN(S(=O)(=O)c2ccc(Cl)cc2)CC1)c1ccc(Cl)cc1. The predicted octanol–water partition coefficient (Wildman–Crippen LogP) is 3.58. The van der Waals surface area contributed by atoms with Crippen LogP contribution in [-0.2, 0) is 10.0 Å². The van der Waals surface area contributed by atoms with E-state index in [9.17, 15) is 13.2 Å². The van der Waals surface area contributed by atoms with E-state index in [2.05, 4.69) is 5.32 Å². The first kappa shape index (κ1) is 19.2. The molecule has 0 unspecified atom stereocenters. The van der Waals surface area contributed by atoms with Crippen LogP contribution in [0.5, 0.6) is 0 Å². The molecule has 0 saturated carbocycles. The van der Waals surface area contributed by atoms with Crippen molar-refractivity contribution in [2.75, 3.05) is 13.1 Å². The van der Waals surface area contributed by atoms with Crippen molar-refractivity contribution in [2.45, 2.75) is 23.8 Å². The zero-order valence-corrected chi connectivity index (χ0v) is 16.2. The largest absolute Gasteiger partial charge is 0.349 e. The van der Waals surface area contributed by atoms with Gasteiger partial charge < -0.3 is 5.32 Å². The Morgan fingerprint density at radius 2 is 1.42 bits per heavy atom. The molecule has 2 aromatic rings. The Morgan fingerprint density at radius 3 is 1.96 bits per heavy atom. The summed E-state index contributed by atoms with van der Waals surface area (Å²) in [6.07, 6.45) is 1.12. The van der Waals surface area contributed by atoms with Gasteiger partial charge in [0, 0.05) is 34.7 Å². The van der Waals surface area contributed by atoms with Gasteiger partial charge >= 0.3 is 0 Å². The van der Waals surface area contributed by atoms with Crippen molar-refractivity contribution in [3.05, 3.63) is 64.1 Å². The molecule has 138 valence electrons. The maximum absolute atomic E-state index is 12.7. The number of halogens is 2. The van der Waals surface area contributed by atoms with Gasteiger partial charge in [-0.1, -0.05) is 23.2 Å². The van der Waals surface area contributed by atoms with Gasteiger partial charge in [-0.15, -0.1) is 0 Å². The third-order valence-corrected chi connectivity index (χ3v) is 6.76. The molecule has 1 saturated heterocycles. The number of amides is 1. The number of nitrogens with one attached hydrogen (secondary N) is 1. The Hall–Kier alpha value is -1.60. The van der Waals surface area contributed by atoms with Crippen molar-refractivity contribution in [2.24, 2.45) is 0 Å². The molecule has 8 heteroatoms. The van der Waals surface area contributed by atoms with Crippen LogP contribution in [0.25, 0.3) is 0 Å². The third kappa shape index (κ3) is 4.38. The van der Waals surface area contributed by atoms with Crippen LogP contribution in [0.15, 0.2) is 53.4 Å². The maximum Gasteiger partial charge on any atom is 0.251 e. The van der Waals surface area contributed by atoms with Gasteiger partial charge in [0.25, 0.3) is 5.91 Å². The van der Waals surface area contributed by atoms with E-state index in [1.165, 1.54) is 16.4 Å². The van der Waals surface area contributed by atoms with Crippen LogP contribution >= 0.6 is 23.2 Å². The zero-order valence-electron chi connectivity index (χ0n) is 13.9. The quantitative estimate of drug-likeness (QED) is 0.834. The number of carbonyl (C=O) groups excluding carboxylic acids is 1. The number of piperidine rings is 1. The first-order valence-corrected chi connectivity index (χ1v) is 10.4. The lowest BCUT2D eigenvalue weighted by molar-refractivity contribution is 0.0924. The van der Waals surface area contributed by atoms with Crippen LogP contribution in [0.1, 0.15) is 23.2 Å². The fourth-order valence-corrected chi connectivity index (χ4v) is 4.59. The minimum Gasteiger partial charge on any atom is -0.349 e. The minimum absolute atomic E-state index is 0.0603. The zero-order chi connectivity index (χ0) is 18.7. The van der Waals surface area contributed by atoms with Crippen LogP contribution in [0.2, 0.25) is 10.0 Å². The highest BCUT2D eigenvalue weighted by Gasteiger charge is 2.30. The van der Waals surface area contributed by atoms with Crippen LogP contribution in [-0.4, -0.2) is 37.8 Å². The van der Waals surface area contributed by atoms with Crippen molar-refractivity contribution in [3.63, 3.8) is 0 Å². The molecule has 0 atom stereocenters. The van der Waals surface area contributed by atoms with E-state index in [-0.39, 0.29) is 16.8 Å². The second kappa shape index (κ2) is 7.96. The minimum atomic E-state index is -3.54. The van der Waals surface area contributed by atoms with Crippen molar-refractivity contribution in [1.82, 2.24) is 9.62 Å². The number of carbonyl (C=O) groups is 1. The third-order valence-electron chi connectivity index (χ3n) is 4.35. The predicted molar refractivity (Wildman–Crippen MR) is 102 cm³/mol. The fourth-order valence-electron chi connectivity index (χ4n) is 2.87. The summed E-state index contributed by atoms with van der Waals surface area (Å²) in [6, 6.07) is 12.7. The second-order valence-corrected chi connectivity index (χ2v) is 8.92. The summed E-state index contributed by atoms with van der Waals surface area (Å²) in [7, 11) is -3.54. The average molecular weight is 413 g/mol. The van der Waals surface area contributed by atoms with Gasteiger partial charge in [0.1, 0.15) is 0 Å². The molecule has 3 rings (SSSR count). The van der Waals surface area contributed by atoms with E-state index < -0.39 is 10.0 Å². The van der Waals surface area contributed by atoms with Crippen LogP contribution < -0.4 is 5.32 Å². The normalized spacial score (nSPS) is 16.4. The molecular weight excluding hydrogens is 395 g/mol. The van der Waals surface area contributed by atoms with Crippen LogP contribution in [0.3, 0.4) is 0 Å². The number of nitrogens with zero attached hydrogens (tertiary/aromatic N) is 1. The van der Waals surface area contributed by atoms with Gasteiger partial charge in [-0.3, -0.25) is 4.79 Å². The summed E-state index contributed by atoms with van der Waals surface area (Å²) in [5, 5.41) is 4.02. The van der Waals surface area contributed by atoms with E-state index in [1.54, 1.807) is 36.4 Å². The Morgan fingerprint density at radius 1 is 0.923 bits per heavy atom. The topological polar surface area (TPSA) is 66.5 Å². The average Bonchev–Trinajstić information content (AvgIpc) is 2.63. The molecule has 1 heterocycles. The summed E-state index contributed by atoms with van der Waals surface area (Å²) >= 11 is 11.6. The smallest absolute Gasteiger partial charge is 0.251 e. The molecular formula is C18H18Cl2N2O3S. The number of benzene rings is 2. The molecule has 1 fully saturated rings.